The van der Waals surface area contributed by atoms with Crippen LogP contribution in [0.25, 0.3) is 0 Å². The number of carbonyl (C=O) groups excluding carboxylic acids is 1. The number of nitrogens with one attached hydrogen (secondary N) is 2. The summed E-state index contributed by atoms with van der Waals surface area (Å²) < 4.78 is 50.6. The fourth-order valence-corrected chi connectivity index (χ4v) is 3.82. The Balaban J connectivity index is 1.87. The van der Waals surface area contributed by atoms with Crippen LogP contribution in [0.2, 0.25) is 0 Å². The Labute approximate surface area is 216 Å². The number of ether oxygens (including phenoxy) is 5. The lowest BCUT2D eigenvalue weighted by molar-refractivity contribution is 0.102. The Morgan fingerprint density at radius 3 is 2.14 bits per heavy atom. The third kappa shape index (κ3) is 7.43. The molecular weight excluding hydrogens is 500 g/mol. The minimum Gasteiger partial charge on any atom is -0.497 e. The maximum absolute atomic E-state index is 12.9. The first-order chi connectivity index (χ1) is 17.7. The Hall–Kier alpha value is -4.12. The molecule has 0 unspecified atom stereocenters. The monoisotopic (exact) mass is 530 g/mol. The summed E-state index contributed by atoms with van der Waals surface area (Å²) in [5, 5.41) is 5.69. The molecule has 1 amide bonds. The zero-order chi connectivity index (χ0) is 27.0. The van der Waals surface area contributed by atoms with Gasteiger partial charge in [0.15, 0.2) is 21.3 Å². The van der Waals surface area contributed by atoms with Gasteiger partial charge in [-0.1, -0.05) is 0 Å². The number of hydrogen-bond donors (Lipinski definition) is 2. The molecule has 0 aliphatic carbocycles. The van der Waals surface area contributed by atoms with E-state index in [-0.39, 0.29) is 18.4 Å². The van der Waals surface area contributed by atoms with E-state index in [1.807, 2.05) is 0 Å². The number of hydrogen-bond acceptors (Lipinski definition) is 9. The molecule has 3 rings (SSSR count). The summed E-state index contributed by atoms with van der Waals surface area (Å²) in [4.78, 5) is 12.9. The molecule has 0 atom stereocenters. The molecule has 0 saturated heterocycles. The summed E-state index contributed by atoms with van der Waals surface area (Å²) in [7, 11) is 2.81. The van der Waals surface area contributed by atoms with Crippen molar-refractivity contribution in [3.8, 4) is 28.7 Å². The Morgan fingerprint density at radius 1 is 0.784 bits per heavy atom. The normalized spacial score (nSPS) is 10.8. The molecule has 198 valence electrons. The van der Waals surface area contributed by atoms with Gasteiger partial charge in [-0.05, 0) is 48.5 Å². The SMILES string of the molecule is COc1ccc(OC)c(COc2cc(NC(=O)c3ccc(OC)c(OC)c3)ccc2NCS(C)(=O)=O)c1. The molecule has 3 aromatic rings. The highest BCUT2D eigenvalue weighted by Gasteiger charge is 2.15. The lowest BCUT2D eigenvalue weighted by Gasteiger charge is -2.17. The van der Waals surface area contributed by atoms with E-state index < -0.39 is 9.84 Å². The van der Waals surface area contributed by atoms with Crippen LogP contribution in [0.5, 0.6) is 28.7 Å². The molecule has 0 heterocycles. The molecule has 0 saturated carbocycles. The van der Waals surface area contributed by atoms with E-state index in [9.17, 15) is 13.2 Å². The van der Waals surface area contributed by atoms with Crippen molar-refractivity contribution in [1.29, 1.82) is 0 Å². The van der Waals surface area contributed by atoms with Crippen LogP contribution in [0.15, 0.2) is 54.6 Å². The van der Waals surface area contributed by atoms with Crippen molar-refractivity contribution in [2.24, 2.45) is 0 Å². The highest BCUT2D eigenvalue weighted by molar-refractivity contribution is 7.90. The number of sulfone groups is 1. The minimum atomic E-state index is -3.30. The number of benzene rings is 3. The Kier molecular flexibility index (Phi) is 9.07. The molecule has 10 nitrogen and oxygen atoms in total. The van der Waals surface area contributed by atoms with Crippen molar-refractivity contribution in [2.45, 2.75) is 6.61 Å². The first-order valence-corrected chi connectivity index (χ1v) is 13.2. The summed E-state index contributed by atoms with van der Waals surface area (Å²) in [6.07, 6.45) is 1.12. The number of amides is 1. The zero-order valence-corrected chi connectivity index (χ0v) is 22.1. The van der Waals surface area contributed by atoms with Gasteiger partial charge in [0.1, 0.15) is 29.7 Å². The van der Waals surface area contributed by atoms with Crippen molar-refractivity contribution in [3.05, 3.63) is 65.7 Å². The third-order valence-electron chi connectivity index (χ3n) is 5.28. The number of carbonyl (C=O) groups is 1. The predicted octanol–water partition coefficient (Wildman–Crippen LogP) is 3.97. The van der Waals surface area contributed by atoms with Gasteiger partial charge in [-0.25, -0.2) is 8.42 Å². The summed E-state index contributed by atoms with van der Waals surface area (Å²) in [5.74, 6) is 1.83. The van der Waals surface area contributed by atoms with E-state index in [1.165, 1.54) is 14.2 Å². The van der Waals surface area contributed by atoms with Crippen LogP contribution < -0.4 is 34.3 Å². The van der Waals surface area contributed by atoms with Gasteiger partial charge in [-0.3, -0.25) is 4.79 Å². The van der Waals surface area contributed by atoms with Gasteiger partial charge < -0.3 is 34.3 Å². The summed E-state index contributed by atoms with van der Waals surface area (Å²) in [5.41, 5.74) is 1.96. The smallest absolute Gasteiger partial charge is 0.255 e. The number of anilines is 2. The number of rotatable bonds is 12. The van der Waals surface area contributed by atoms with Crippen molar-refractivity contribution in [2.75, 3.05) is 51.2 Å². The van der Waals surface area contributed by atoms with Gasteiger partial charge in [-0.2, -0.15) is 0 Å². The molecular formula is C26H30N2O8S. The molecule has 0 aliphatic heterocycles. The molecule has 0 radical (unpaired) electrons. The maximum Gasteiger partial charge on any atom is 0.255 e. The molecule has 0 spiro atoms. The van der Waals surface area contributed by atoms with Crippen LogP contribution in [-0.4, -0.2) is 54.9 Å². The summed E-state index contributed by atoms with van der Waals surface area (Å²) in [6.45, 7) is 0.0982. The van der Waals surface area contributed by atoms with E-state index >= 15 is 0 Å². The van der Waals surface area contributed by atoms with Crippen LogP contribution in [-0.2, 0) is 16.4 Å². The first kappa shape index (κ1) is 27.5. The fourth-order valence-electron chi connectivity index (χ4n) is 3.41. The lowest BCUT2D eigenvalue weighted by atomic mass is 10.1. The van der Waals surface area contributed by atoms with E-state index in [0.29, 0.717) is 45.7 Å². The average Bonchev–Trinajstić information content (AvgIpc) is 2.90. The van der Waals surface area contributed by atoms with Crippen molar-refractivity contribution in [3.63, 3.8) is 0 Å². The second-order valence-electron chi connectivity index (χ2n) is 7.95. The largest absolute Gasteiger partial charge is 0.497 e. The second kappa shape index (κ2) is 12.2. The summed E-state index contributed by atoms with van der Waals surface area (Å²) in [6, 6.07) is 15.0. The van der Waals surface area contributed by atoms with Gasteiger partial charge in [-0.15, -0.1) is 0 Å². The van der Waals surface area contributed by atoms with Gasteiger partial charge in [0.2, 0.25) is 0 Å². The van der Waals surface area contributed by atoms with E-state index in [0.717, 1.165) is 11.8 Å². The zero-order valence-electron chi connectivity index (χ0n) is 21.3. The predicted molar refractivity (Wildman–Crippen MR) is 141 cm³/mol. The lowest BCUT2D eigenvalue weighted by Crippen LogP contribution is -2.14. The van der Waals surface area contributed by atoms with Crippen LogP contribution in [0, 0.1) is 0 Å². The van der Waals surface area contributed by atoms with Crippen LogP contribution >= 0.6 is 0 Å². The molecule has 0 aliphatic rings. The Morgan fingerprint density at radius 2 is 1.49 bits per heavy atom. The highest BCUT2D eigenvalue weighted by Crippen LogP contribution is 2.32. The van der Waals surface area contributed by atoms with Crippen LogP contribution in [0.3, 0.4) is 0 Å². The van der Waals surface area contributed by atoms with Crippen molar-refractivity contribution < 1.29 is 36.9 Å². The quantitative estimate of drug-likeness (QED) is 0.358. The molecule has 0 bridgehead atoms. The topological polar surface area (TPSA) is 121 Å². The molecule has 2 N–H and O–H groups in total. The van der Waals surface area contributed by atoms with Crippen molar-refractivity contribution in [1.82, 2.24) is 0 Å². The molecule has 0 fully saturated rings. The van der Waals surface area contributed by atoms with E-state index in [2.05, 4.69) is 10.6 Å². The van der Waals surface area contributed by atoms with Gasteiger partial charge in [0.25, 0.3) is 5.91 Å². The maximum atomic E-state index is 12.9. The fraction of sp³-hybridized carbons (Fsp3) is 0.269. The molecule has 0 aromatic heterocycles. The standard InChI is InChI=1S/C26H30N2O8S/c1-32-20-8-11-22(33-2)18(12-20)15-36-24-14-19(7-9-21(24)27-16-37(5,30)31)28-26(29)17-6-10-23(34-3)25(13-17)35-4/h6-14,27H,15-16H2,1-5H3,(H,28,29). The van der Waals surface area contributed by atoms with Gasteiger partial charge in [0.05, 0.1) is 34.1 Å². The number of methoxy groups -OCH3 is 4. The van der Waals surface area contributed by atoms with Gasteiger partial charge >= 0.3 is 0 Å². The highest BCUT2D eigenvalue weighted by atomic mass is 32.2. The van der Waals surface area contributed by atoms with E-state index in [4.69, 9.17) is 23.7 Å². The van der Waals surface area contributed by atoms with Crippen LogP contribution in [0.1, 0.15) is 15.9 Å². The first-order valence-electron chi connectivity index (χ1n) is 11.1. The van der Waals surface area contributed by atoms with Crippen LogP contribution in [0.4, 0.5) is 11.4 Å². The van der Waals surface area contributed by atoms with Gasteiger partial charge in [0, 0.05) is 29.1 Å². The Bertz CT molecular complexity index is 1360. The molecule has 37 heavy (non-hydrogen) atoms. The molecule has 11 heteroatoms. The second-order valence-corrected chi connectivity index (χ2v) is 10.1. The average molecular weight is 531 g/mol. The van der Waals surface area contributed by atoms with Crippen molar-refractivity contribution >= 4 is 27.1 Å². The molecule has 3 aromatic carbocycles. The van der Waals surface area contributed by atoms with E-state index in [1.54, 1.807) is 68.8 Å². The minimum absolute atomic E-state index is 0.0982. The third-order valence-corrected chi connectivity index (χ3v) is 5.95. The summed E-state index contributed by atoms with van der Waals surface area (Å²) >= 11 is 0.